The molecule has 3 aromatic rings. The molecule has 0 bridgehead atoms. The first-order valence-electron chi connectivity index (χ1n) is 8.61. The second-order valence-corrected chi connectivity index (χ2v) is 6.04. The van der Waals surface area contributed by atoms with Crippen LogP contribution in [-0.2, 0) is 4.74 Å². The molecule has 6 heteroatoms. The Kier molecular flexibility index (Phi) is 4.58. The van der Waals surface area contributed by atoms with Gasteiger partial charge in [0.05, 0.1) is 38.6 Å². The van der Waals surface area contributed by atoms with E-state index in [1.165, 1.54) is 0 Å². The van der Waals surface area contributed by atoms with E-state index in [0.717, 1.165) is 54.3 Å². The first kappa shape index (κ1) is 16.6. The van der Waals surface area contributed by atoms with E-state index >= 15 is 0 Å². The van der Waals surface area contributed by atoms with Gasteiger partial charge in [0.25, 0.3) is 0 Å². The van der Waals surface area contributed by atoms with Gasteiger partial charge in [-0.15, -0.1) is 0 Å². The number of nitrogens with zero attached hydrogens (tertiary/aromatic N) is 3. The number of benzene rings is 1. The fourth-order valence-electron chi connectivity index (χ4n) is 3.31. The molecule has 0 aliphatic carbocycles. The molecule has 0 amide bonds. The van der Waals surface area contributed by atoms with Crippen molar-refractivity contribution >= 4 is 16.7 Å². The average molecular weight is 351 g/mol. The van der Waals surface area contributed by atoms with Crippen molar-refractivity contribution in [3.63, 3.8) is 0 Å². The zero-order valence-corrected chi connectivity index (χ0v) is 14.9. The molecule has 3 heterocycles. The average Bonchev–Trinajstić information content (AvgIpc) is 2.72. The second-order valence-electron chi connectivity index (χ2n) is 6.04. The molecule has 0 saturated carbocycles. The van der Waals surface area contributed by atoms with Gasteiger partial charge in [-0.2, -0.15) is 0 Å². The van der Waals surface area contributed by atoms with E-state index in [9.17, 15) is 0 Å². The molecule has 6 nitrogen and oxygen atoms in total. The smallest absolute Gasteiger partial charge is 0.170 e. The number of aromatic nitrogens is 2. The van der Waals surface area contributed by atoms with Crippen LogP contribution in [0.25, 0.3) is 22.2 Å². The number of hydrogen-bond donors (Lipinski definition) is 0. The zero-order valence-electron chi connectivity index (χ0n) is 14.9. The fraction of sp³-hybridized carbons (Fsp3) is 0.300. The van der Waals surface area contributed by atoms with Gasteiger partial charge >= 0.3 is 0 Å². The standard InChI is InChI=1S/C20H21N3O3/c1-24-18-5-3-4-14(19(18)25-2)16-7-6-15-17(22-16)8-9-21-20(15)23-10-12-26-13-11-23/h3-9H,10-13H2,1-2H3. The summed E-state index contributed by atoms with van der Waals surface area (Å²) in [5, 5.41) is 1.04. The molecule has 1 saturated heterocycles. The van der Waals surface area contributed by atoms with E-state index in [1.807, 2.05) is 36.5 Å². The molecule has 4 rings (SSSR count). The lowest BCUT2D eigenvalue weighted by atomic mass is 10.1. The van der Waals surface area contributed by atoms with Gasteiger partial charge < -0.3 is 19.1 Å². The van der Waals surface area contributed by atoms with E-state index in [2.05, 4.69) is 16.0 Å². The Morgan fingerprint density at radius 1 is 1.00 bits per heavy atom. The van der Waals surface area contributed by atoms with Crippen molar-refractivity contribution < 1.29 is 14.2 Å². The predicted molar refractivity (Wildman–Crippen MR) is 101 cm³/mol. The number of anilines is 1. The summed E-state index contributed by atoms with van der Waals surface area (Å²) in [7, 11) is 3.28. The number of hydrogen-bond acceptors (Lipinski definition) is 6. The first-order chi connectivity index (χ1) is 12.8. The summed E-state index contributed by atoms with van der Waals surface area (Å²) in [4.78, 5) is 11.7. The van der Waals surface area contributed by atoms with Gasteiger partial charge in [0.1, 0.15) is 5.82 Å². The van der Waals surface area contributed by atoms with Crippen molar-refractivity contribution in [1.82, 2.24) is 9.97 Å². The van der Waals surface area contributed by atoms with Gasteiger partial charge in [-0.05, 0) is 30.3 Å². The number of morpholine rings is 1. The Morgan fingerprint density at radius 3 is 2.62 bits per heavy atom. The summed E-state index contributed by atoms with van der Waals surface area (Å²) in [6.07, 6.45) is 1.81. The maximum atomic E-state index is 5.55. The van der Waals surface area contributed by atoms with Crippen LogP contribution in [0.1, 0.15) is 0 Å². The molecule has 0 N–H and O–H groups in total. The number of fused-ring (bicyclic) bond motifs is 1. The largest absolute Gasteiger partial charge is 0.493 e. The van der Waals surface area contributed by atoms with Crippen LogP contribution in [0, 0.1) is 0 Å². The van der Waals surface area contributed by atoms with Crippen LogP contribution in [0.4, 0.5) is 5.82 Å². The van der Waals surface area contributed by atoms with Crippen LogP contribution in [0.2, 0.25) is 0 Å². The lowest BCUT2D eigenvalue weighted by Crippen LogP contribution is -2.36. The molecule has 26 heavy (non-hydrogen) atoms. The van der Waals surface area contributed by atoms with Gasteiger partial charge in [0.15, 0.2) is 11.5 Å². The number of pyridine rings is 2. The maximum absolute atomic E-state index is 5.55. The summed E-state index contributed by atoms with van der Waals surface area (Å²) in [5.41, 5.74) is 2.65. The van der Waals surface area contributed by atoms with Crippen molar-refractivity contribution in [1.29, 1.82) is 0 Å². The molecular formula is C20H21N3O3. The Bertz CT molecular complexity index is 923. The lowest BCUT2D eigenvalue weighted by molar-refractivity contribution is 0.122. The number of methoxy groups -OCH3 is 2. The SMILES string of the molecule is COc1cccc(-c2ccc3c(N4CCOCC4)nccc3n2)c1OC. The van der Waals surface area contributed by atoms with Crippen LogP contribution in [0.15, 0.2) is 42.6 Å². The highest BCUT2D eigenvalue weighted by molar-refractivity contribution is 5.91. The number of para-hydroxylation sites is 1. The molecular weight excluding hydrogens is 330 g/mol. The van der Waals surface area contributed by atoms with E-state index in [-0.39, 0.29) is 0 Å². The minimum atomic E-state index is 0.685. The third kappa shape index (κ3) is 2.93. The van der Waals surface area contributed by atoms with Crippen molar-refractivity contribution in [2.75, 3.05) is 45.4 Å². The first-order valence-corrected chi connectivity index (χ1v) is 8.61. The monoisotopic (exact) mass is 351 g/mol. The van der Waals surface area contributed by atoms with E-state index < -0.39 is 0 Å². The third-order valence-electron chi connectivity index (χ3n) is 4.58. The summed E-state index contributed by atoms with van der Waals surface area (Å²) >= 11 is 0. The molecule has 134 valence electrons. The van der Waals surface area contributed by atoms with Crippen molar-refractivity contribution in [2.24, 2.45) is 0 Å². The van der Waals surface area contributed by atoms with Crippen LogP contribution in [0.3, 0.4) is 0 Å². The van der Waals surface area contributed by atoms with Gasteiger partial charge in [0, 0.05) is 30.2 Å². The number of ether oxygens (including phenoxy) is 3. The quantitative estimate of drug-likeness (QED) is 0.720. The molecule has 1 aromatic carbocycles. The second kappa shape index (κ2) is 7.17. The summed E-state index contributed by atoms with van der Waals surface area (Å²) < 4.78 is 16.4. The van der Waals surface area contributed by atoms with Gasteiger partial charge in [-0.25, -0.2) is 9.97 Å². The molecule has 0 radical (unpaired) electrons. The highest BCUT2D eigenvalue weighted by Crippen LogP contribution is 2.38. The van der Waals surface area contributed by atoms with E-state index in [1.54, 1.807) is 14.2 Å². The highest BCUT2D eigenvalue weighted by atomic mass is 16.5. The molecule has 1 aliphatic heterocycles. The van der Waals surface area contributed by atoms with Crippen molar-refractivity contribution in [2.45, 2.75) is 0 Å². The molecule has 0 spiro atoms. The summed E-state index contributed by atoms with van der Waals surface area (Å²) in [6, 6.07) is 11.8. The predicted octanol–water partition coefficient (Wildman–Crippen LogP) is 3.15. The Morgan fingerprint density at radius 2 is 1.85 bits per heavy atom. The third-order valence-corrected chi connectivity index (χ3v) is 4.58. The summed E-state index contributed by atoms with van der Waals surface area (Å²) in [6.45, 7) is 3.14. The van der Waals surface area contributed by atoms with Gasteiger partial charge in [-0.1, -0.05) is 6.07 Å². The molecule has 0 atom stereocenters. The normalized spacial score (nSPS) is 14.5. The summed E-state index contributed by atoms with van der Waals surface area (Å²) in [5.74, 6) is 2.34. The van der Waals surface area contributed by atoms with E-state index in [0.29, 0.717) is 11.5 Å². The highest BCUT2D eigenvalue weighted by Gasteiger charge is 2.17. The molecule has 1 fully saturated rings. The Hall–Kier alpha value is -2.86. The molecule has 2 aromatic heterocycles. The Labute approximate surface area is 152 Å². The van der Waals surface area contributed by atoms with Crippen LogP contribution < -0.4 is 14.4 Å². The minimum Gasteiger partial charge on any atom is -0.493 e. The van der Waals surface area contributed by atoms with Crippen molar-refractivity contribution in [3.05, 3.63) is 42.6 Å². The van der Waals surface area contributed by atoms with Crippen LogP contribution in [-0.4, -0.2) is 50.5 Å². The van der Waals surface area contributed by atoms with E-state index in [4.69, 9.17) is 19.2 Å². The maximum Gasteiger partial charge on any atom is 0.170 e. The van der Waals surface area contributed by atoms with Gasteiger partial charge in [-0.3, -0.25) is 0 Å². The molecule has 1 aliphatic rings. The fourth-order valence-corrected chi connectivity index (χ4v) is 3.31. The minimum absolute atomic E-state index is 0.685. The zero-order chi connectivity index (χ0) is 17.9. The topological polar surface area (TPSA) is 56.7 Å². The molecule has 0 unspecified atom stereocenters. The number of rotatable bonds is 4. The van der Waals surface area contributed by atoms with Crippen LogP contribution in [0.5, 0.6) is 11.5 Å². The van der Waals surface area contributed by atoms with Crippen LogP contribution >= 0.6 is 0 Å². The lowest BCUT2D eigenvalue weighted by Gasteiger charge is -2.28. The Balaban J connectivity index is 1.80. The van der Waals surface area contributed by atoms with Crippen molar-refractivity contribution in [3.8, 4) is 22.8 Å². The van der Waals surface area contributed by atoms with Gasteiger partial charge in [0.2, 0.25) is 0 Å².